The van der Waals surface area contributed by atoms with Gasteiger partial charge in [0.1, 0.15) is 5.82 Å². The van der Waals surface area contributed by atoms with Gasteiger partial charge in [-0.15, -0.1) is 0 Å². The first kappa shape index (κ1) is 12.5. The molecule has 2 N–H and O–H groups in total. The van der Waals surface area contributed by atoms with E-state index in [2.05, 4.69) is 10.6 Å². The van der Waals surface area contributed by atoms with Crippen LogP contribution in [0.1, 0.15) is 18.9 Å². The third-order valence-corrected chi connectivity index (χ3v) is 2.25. The predicted octanol–water partition coefficient (Wildman–Crippen LogP) is 2.07. The lowest BCUT2D eigenvalue weighted by Gasteiger charge is -2.10. The standard InChI is InChI=1S/C12H17FN2O/c1-3-14-11(16)7-8-15-12-9(2)5-4-6-10(12)13/h4-6,15H,3,7-8H2,1-2H3,(H,14,16). The predicted molar refractivity (Wildman–Crippen MR) is 62.9 cm³/mol. The lowest BCUT2D eigenvalue weighted by molar-refractivity contribution is -0.120. The molecule has 0 heterocycles. The summed E-state index contributed by atoms with van der Waals surface area (Å²) in [4.78, 5) is 11.2. The van der Waals surface area contributed by atoms with Crippen molar-refractivity contribution in [3.63, 3.8) is 0 Å². The minimum atomic E-state index is -0.282. The van der Waals surface area contributed by atoms with Gasteiger partial charge in [-0.05, 0) is 25.5 Å². The van der Waals surface area contributed by atoms with Gasteiger partial charge in [-0.2, -0.15) is 0 Å². The molecule has 16 heavy (non-hydrogen) atoms. The number of benzene rings is 1. The first-order chi connectivity index (χ1) is 7.65. The molecule has 0 aliphatic rings. The number of carbonyl (C=O) groups excluding carboxylic acids is 1. The van der Waals surface area contributed by atoms with E-state index in [1.165, 1.54) is 6.07 Å². The van der Waals surface area contributed by atoms with E-state index >= 15 is 0 Å². The van der Waals surface area contributed by atoms with Crippen LogP contribution in [0.25, 0.3) is 0 Å². The minimum absolute atomic E-state index is 0.0241. The van der Waals surface area contributed by atoms with Crippen LogP contribution in [0.2, 0.25) is 0 Å². The Kier molecular flexibility index (Phi) is 4.76. The number of amides is 1. The quantitative estimate of drug-likeness (QED) is 0.804. The number of carbonyl (C=O) groups is 1. The molecule has 0 bridgehead atoms. The molecule has 0 aliphatic carbocycles. The highest BCUT2D eigenvalue weighted by Gasteiger charge is 2.05. The topological polar surface area (TPSA) is 41.1 Å². The van der Waals surface area contributed by atoms with Crippen LogP contribution in [0.15, 0.2) is 18.2 Å². The molecule has 88 valence electrons. The maximum Gasteiger partial charge on any atom is 0.221 e. The van der Waals surface area contributed by atoms with Crippen LogP contribution in [0.5, 0.6) is 0 Å². The smallest absolute Gasteiger partial charge is 0.221 e. The van der Waals surface area contributed by atoms with Gasteiger partial charge in [-0.25, -0.2) is 4.39 Å². The van der Waals surface area contributed by atoms with Gasteiger partial charge in [-0.1, -0.05) is 12.1 Å². The van der Waals surface area contributed by atoms with Crippen LogP contribution in [0.4, 0.5) is 10.1 Å². The van der Waals surface area contributed by atoms with E-state index in [4.69, 9.17) is 0 Å². The van der Waals surface area contributed by atoms with Crippen LogP contribution in [-0.4, -0.2) is 19.0 Å². The summed E-state index contributed by atoms with van der Waals surface area (Å²) in [7, 11) is 0. The van der Waals surface area contributed by atoms with Crippen molar-refractivity contribution in [3.05, 3.63) is 29.6 Å². The summed E-state index contributed by atoms with van der Waals surface area (Å²) >= 11 is 0. The Bertz CT molecular complexity index is 346. The van der Waals surface area contributed by atoms with Crippen LogP contribution in [-0.2, 0) is 4.79 Å². The molecule has 0 saturated heterocycles. The van der Waals surface area contributed by atoms with Crippen molar-refractivity contribution in [2.24, 2.45) is 0 Å². The zero-order valence-corrected chi connectivity index (χ0v) is 9.64. The Balaban J connectivity index is 2.46. The largest absolute Gasteiger partial charge is 0.382 e. The van der Waals surface area contributed by atoms with Gasteiger partial charge in [0.2, 0.25) is 5.91 Å². The molecule has 0 radical (unpaired) electrons. The SMILES string of the molecule is CCNC(=O)CCNc1c(C)cccc1F. The van der Waals surface area contributed by atoms with E-state index in [-0.39, 0.29) is 11.7 Å². The minimum Gasteiger partial charge on any atom is -0.382 e. The van der Waals surface area contributed by atoms with Crippen molar-refractivity contribution in [2.75, 3.05) is 18.4 Å². The van der Waals surface area contributed by atoms with E-state index in [1.807, 2.05) is 19.9 Å². The molecule has 0 unspecified atom stereocenters. The maximum atomic E-state index is 13.4. The molecule has 0 fully saturated rings. The molecule has 0 spiro atoms. The fourth-order valence-electron chi connectivity index (χ4n) is 1.44. The van der Waals surface area contributed by atoms with Gasteiger partial charge < -0.3 is 10.6 Å². The fourth-order valence-corrected chi connectivity index (χ4v) is 1.44. The van der Waals surface area contributed by atoms with Crippen molar-refractivity contribution >= 4 is 11.6 Å². The summed E-state index contributed by atoms with van der Waals surface area (Å²) < 4.78 is 13.4. The van der Waals surface area contributed by atoms with E-state index in [1.54, 1.807) is 6.07 Å². The zero-order valence-electron chi connectivity index (χ0n) is 9.64. The second-order valence-corrected chi connectivity index (χ2v) is 3.56. The summed E-state index contributed by atoms with van der Waals surface area (Å²) in [5, 5.41) is 5.62. The molecule has 3 nitrogen and oxygen atoms in total. The normalized spacial score (nSPS) is 9.94. The monoisotopic (exact) mass is 224 g/mol. The number of anilines is 1. The maximum absolute atomic E-state index is 13.4. The summed E-state index contributed by atoms with van der Waals surface area (Å²) in [5.41, 5.74) is 1.32. The number of hydrogen-bond acceptors (Lipinski definition) is 2. The van der Waals surface area contributed by atoms with E-state index in [9.17, 15) is 9.18 Å². The van der Waals surface area contributed by atoms with Crippen molar-refractivity contribution in [2.45, 2.75) is 20.3 Å². The molecule has 0 saturated carbocycles. The number of aryl methyl sites for hydroxylation is 1. The highest BCUT2D eigenvalue weighted by atomic mass is 19.1. The van der Waals surface area contributed by atoms with E-state index < -0.39 is 0 Å². The molecule has 4 heteroatoms. The molecule has 1 aromatic rings. The Labute approximate surface area is 95.0 Å². The average Bonchev–Trinajstić information content (AvgIpc) is 2.23. The van der Waals surface area contributed by atoms with Gasteiger partial charge in [-0.3, -0.25) is 4.79 Å². The summed E-state index contributed by atoms with van der Waals surface area (Å²) in [6, 6.07) is 4.90. The van der Waals surface area contributed by atoms with E-state index in [0.29, 0.717) is 25.2 Å². The van der Waals surface area contributed by atoms with Crippen molar-refractivity contribution in [3.8, 4) is 0 Å². The third kappa shape index (κ3) is 3.53. The van der Waals surface area contributed by atoms with Crippen LogP contribution in [0.3, 0.4) is 0 Å². The van der Waals surface area contributed by atoms with Crippen molar-refractivity contribution in [1.29, 1.82) is 0 Å². The average molecular weight is 224 g/mol. The molecular weight excluding hydrogens is 207 g/mol. The number of rotatable bonds is 5. The van der Waals surface area contributed by atoms with Gasteiger partial charge in [0.25, 0.3) is 0 Å². The second-order valence-electron chi connectivity index (χ2n) is 3.56. The lowest BCUT2D eigenvalue weighted by Crippen LogP contribution is -2.24. The highest BCUT2D eigenvalue weighted by molar-refractivity contribution is 5.76. The third-order valence-electron chi connectivity index (χ3n) is 2.25. The zero-order chi connectivity index (χ0) is 12.0. The highest BCUT2D eigenvalue weighted by Crippen LogP contribution is 2.18. The van der Waals surface area contributed by atoms with Crippen LogP contribution < -0.4 is 10.6 Å². The Morgan fingerprint density at radius 1 is 1.44 bits per heavy atom. The van der Waals surface area contributed by atoms with Gasteiger partial charge >= 0.3 is 0 Å². The van der Waals surface area contributed by atoms with Crippen molar-refractivity contribution < 1.29 is 9.18 Å². The first-order valence-corrected chi connectivity index (χ1v) is 5.40. The number of halogens is 1. The molecular formula is C12H17FN2O. The van der Waals surface area contributed by atoms with Gasteiger partial charge in [0.05, 0.1) is 5.69 Å². The molecule has 0 aromatic heterocycles. The summed E-state index contributed by atoms with van der Waals surface area (Å²) in [6.07, 6.45) is 0.349. The summed E-state index contributed by atoms with van der Waals surface area (Å²) in [6.45, 7) is 4.76. The Hall–Kier alpha value is -1.58. The summed E-state index contributed by atoms with van der Waals surface area (Å²) in [5.74, 6) is -0.306. The first-order valence-electron chi connectivity index (χ1n) is 5.40. The Morgan fingerprint density at radius 2 is 2.19 bits per heavy atom. The lowest BCUT2D eigenvalue weighted by atomic mass is 10.2. The Morgan fingerprint density at radius 3 is 2.81 bits per heavy atom. The number of hydrogen-bond donors (Lipinski definition) is 2. The van der Waals surface area contributed by atoms with Gasteiger partial charge in [0.15, 0.2) is 0 Å². The molecule has 0 aliphatic heterocycles. The van der Waals surface area contributed by atoms with Crippen LogP contribution >= 0.6 is 0 Å². The number of nitrogens with one attached hydrogen (secondary N) is 2. The molecule has 1 aromatic carbocycles. The van der Waals surface area contributed by atoms with Crippen molar-refractivity contribution in [1.82, 2.24) is 5.32 Å². The second kappa shape index (κ2) is 6.10. The van der Waals surface area contributed by atoms with Gasteiger partial charge in [0, 0.05) is 19.5 Å². The molecule has 1 rings (SSSR count). The van der Waals surface area contributed by atoms with E-state index in [0.717, 1.165) is 5.56 Å². The molecule has 1 amide bonds. The van der Waals surface area contributed by atoms with Crippen LogP contribution in [0, 0.1) is 12.7 Å². The fraction of sp³-hybridized carbons (Fsp3) is 0.417. The molecule has 0 atom stereocenters. The number of para-hydroxylation sites is 1.